The quantitative estimate of drug-likeness (QED) is 0.879. The van der Waals surface area contributed by atoms with Crippen molar-refractivity contribution in [3.63, 3.8) is 0 Å². The molecule has 17 heavy (non-hydrogen) atoms. The van der Waals surface area contributed by atoms with E-state index in [2.05, 4.69) is 9.97 Å². The summed E-state index contributed by atoms with van der Waals surface area (Å²) in [4.78, 5) is 8.07. The number of nitrogen functional groups attached to an aromatic ring is 1. The average Bonchev–Trinajstić information content (AvgIpc) is 2.32. The molecule has 88 valence electrons. The molecule has 0 fully saturated rings. The molecule has 2 rings (SSSR count). The number of nitrogens with zero attached hydrogens (tertiary/aromatic N) is 2. The fourth-order valence-electron chi connectivity index (χ4n) is 1.55. The molecule has 0 saturated carbocycles. The summed E-state index contributed by atoms with van der Waals surface area (Å²) in [5.74, 6) is 1.76. The van der Waals surface area contributed by atoms with Crippen molar-refractivity contribution in [2.75, 3.05) is 5.73 Å². The highest BCUT2D eigenvalue weighted by Crippen LogP contribution is 2.25. The number of nitrogens with two attached hydrogens (primary N) is 1. The maximum Gasteiger partial charge on any atom is 0.227 e. The fraction of sp³-hybridized carbons (Fsp3) is 0.231. The Bertz CT molecular complexity index is 509. The molecule has 1 heterocycles. The van der Waals surface area contributed by atoms with Gasteiger partial charge in [0.2, 0.25) is 5.88 Å². The monoisotopic (exact) mass is 229 g/mol. The molecule has 0 amide bonds. The Labute approximate surface area is 100 Å². The largest absolute Gasteiger partial charge is 0.439 e. The number of ether oxygens (including phenoxy) is 1. The lowest BCUT2D eigenvalue weighted by atomic mass is 10.2. The summed E-state index contributed by atoms with van der Waals surface area (Å²) in [7, 11) is 0. The molecule has 0 saturated heterocycles. The summed E-state index contributed by atoms with van der Waals surface area (Å²) in [5, 5.41) is 0. The van der Waals surface area contributed by atoms with Gasteiger partial charge < -0.3 is 10.5 Å². The van der Waals surface area contributed by atoms with E-state index in [0.717, 1.165) is 17.7 Å². The minimum Gasteiger partial charge on any atom is -0.439 e. The highest BCUT2D eigenvalue weighted by Gasteiger charge is 2.09. The van der Waals surface area contributed by atoms with Crippen LogP contribution in [0.15, 0.2) is 30.6 Å². The van der Waals surface area contributed by atoms with Crippen LogP contribution in [0.3, 0.4) is 0 Å². The van der Waals surface area contributed by atoms with Gasteiger partial charge in [0, 0.05) is 0 Å². The zero-order valence-corrected chi connectivity index (χ0v) is 9.97. The molecule has 4 nitrogen and oxygen atoms in total. The van der Waals surface area contributed by atoms with Crippen LogP contribution >= 0.6 is 0 Å². The van der Waals surface area contributed by atoms with Crippen molar-refractivity contribution < 1.29 is 4.74 Å². The molecule has 1 aromatic heterocycles. The molecular formula is C13H15N3O. The van der Waals surface area contributed by atoms with E-state index >= 15 is 0 Å². The van der Waals surface area contributed by atoms with Crippen molar-refractivity contribution in [1.29, 1.82) is 0 Å². The summed E-state index contributed by atoms with van der Waals surface area (Å²) in [6, 6.07) is 7.80. The molecule has 4 heteroatoms. The van der Waals surface area contributed by atoms with Crippen molar-refractivity contribution in [2.45, 2.75) is 20.3 Å². The van der Waals surface area contributed by atoms with Gasteiger partial charge in [0.15, 0.2) is 0 Å². The molecular weight excluding hydrogens is 214 g/mol. The number of aryl methyl sites for hydroxylation is 1. The second-order valence-corrected chi connectivity index (χ2v) is 3.81. The first-order valence-corrected chi connectivity index (χ1v) is 5.54. The van der Waals surface area contributed by atoms with E-state index in [4.69, 9.17) is 10.5 Å². The molecule has 0 radical (unpaired) electrons. The first kappa shape index (κ1) is 11.4. The minimum absolute atomic E-state index is 0.476. The smallest absolute Gasteiger partial charge is 0.227 e. The van der Waals surface area contributed by atoms with Gasteiger partial charge in [-0.05, 0) is 25.5 Å². The number of benzene rings is 1. The molecule has 2 N–H and O–H groups in total. The van der Waals surface area contributed by atoms with Crippen LogP contribution in [0.25, 0.3) is 0 Å². The van der Waals surface area contributed by atoms with Gasteiger partial charge in [-0.3, -0.25) is 0 Å². The van der Waals surface area contributed by atoms with Crippen LogP contribution in [-0.2, 0) is 6.42 Å². The van der Waals surface area contributed by atoms with Gasteiger partial charge in [-0.2, -0.15) is 0 Å². The van der Waals surface area contributed by atoms with Crippen molar-refractivity contribution >= 4 is 5.82 Å². The third kappa shape index (κ3) is 2.53. The van der Waals surface area contributed by atoms with Crippen LogP contribution in [0.4, 0.5) is 5.82 Å². The molecule has 0 aliphatic rings. The molecule has 0 aliphatic carbocycles. The van der Waals surface area contributed by atoms with Gasteiger partial charge in [-0.25, -0.2) is 9.97 Å². The van der Waals surface area contributed by atoms with E-state index in [1.54, 1.807) is 0 Å². The zero-order chi connectivity index (χ0) is 12.3. The number of hydrogen-bond donors (Lipinski definition) is 1. The SMILES string of the molecule is CCc1c(N)ncnc1Oc1ccc(C)cc1. The summed E-state index contributed by atoms with van der Waals surface area (Å²) < 4.78 is 5.71. The topological polar surface area (TPSA) is 61.0 Å². The van der Waals surface area contributed by atoms with Crippen LogP contribution in [-0.4, -0.2) is 9.97 Å². The van der Waals surface area contributed by atoms with Crippen LogP contribution in [0, 0.1) is 6.92 Å². The predicted molar refractivity (Wildman–Crippen MR) is 67.1 cm³/mol. The standard InChI is InChI=1S/C13H15N3O/c1-3-11-12(14)15-8-16-13(11)17-10-6-4-9(2)5-7-10/h4-8H,3H2,1-2H3,(H2,14,15,16). The van der Waals surface area contributed by atoms with Gasteiger partial charge in [0.05, 0.1) is 5.56 Å². The predicted octanol–water partition coefficient (Wildman–Crippen LogP) is 2.72. The lowest BCUT2D eigenvalue weighted by molar-refractivity contribution is 0.455. The first-order valence-electron chi connectivity index (χ1n) is 5.54. The summed E-state index contributed by atoms with van der Waals surface area (Å²) in [6.07, 6.45) is 2.16. The highest BCUT2D eigenvalue weighted by atomic mass is 16.5. The Kier molecular flexibility index (Phi) is 3.23. The van der Waals surface area contributed by atoms with E-state index in [9.17, 15) is 0 Å². The summed E-state index contributed by atoms with van der Waals surface area (Å²) in [5.41, 5.74) is 7.81. The molecule has 0 aliphatic heterocycles. The fourth-order valence-corrected chi connectivity index (χ4v) is 1.55. The number of anilines is 1. The zero-order valence-electron chi connectivity index (χ0n) is 9.97. The van der Waals surface area contributed by atoms with Gasteiger partial charge in [0.1, 0.15) is 17.9 Å². The Balaban J connectivity index is 2.29. The highest BCUT2D eigenvalue weighted by molar-refractivity contribution is 5.46. The van der Waals surface area contributed by atoms with E-state index in [1.807, 2.05) is 38.1 Å². The maximum absolute atomic E-state index is 5.78. The number of aromatic nitrogens is 2. The third-order valence-electron chi connectivity index (χ3n) is 2.53. The Morgan fingerprint density at radius 2 is 1.88 bits per heavy atom. The maximum atomic E-state index is 5.78. The second-order valence-electron chi connectivity index (χ2n) is 3.81. The molecule has 1 aromatic carbocycles. The van der Waals surface area contributed by atoms with Gasteiger partial charge in [0.25, 0.3) is 0 Å². The van der Waals surface area contributed by atoms with E-state index < -0.39 is 0 Å². The summed E-state index contributed by atoms with van der Waals surface area (Å²) in [6.45, 7) is 4.03. The molecule has 0 atom stereocenters. The number of rotatable bonds is 3. The van der Waals surface area contributed by atoms with Crippen molar-refractivity contribution in [3.8, 4) is 11.6 Å². The van der Waals surface area contributed by atoms with E-state index in [0.29, 0.717) is 11.7 Å². The van der Waals surface area contributed by atoms with Crippen LogP contribution in [0.1, 0.15) is 18.1 Å². The normalized spacial score (nSPS) is 10.2. The van der Waals surface area contributed by atoms with Gasteiger partial charge in [-0.1, -0.05) is 24.6 Å². The third-order valence-corrected chi connectivity index (χ3v) is 2.53. The van der Waals surface area contributed by atoms with Crippen molar-refractivity contribution in [3.05, 3.63) is 41.7 Å². The second kappa shape index (κ2) is 4.82. The summed E-state index contributed by atoms with van der Waals surface area (Å²) >= 11 is 0. The Hall–Kier alpha value is -2.10. The number of hydrogen-bond acceptors (Lipinski definition) is 4. The first-order chi connectivity index (χ1) is 8.20. The van der Waals surface area contributed by atoms with Crippen molar-refractivity contribution in [2.24, 2.45) is 0 Å². The lowest BCUT2D eigenvalue weighted by Gasteiger charge is -2.09. The molecule has 0 bridgehead atoms. The molecule has 2 aromatic rings. The molecule has 0 unspecified atom stereocenters. The minimum atomic E-state index is 0.476. The van der Waals surface area contributed by atoms with E-state index in [-0.39, 0.29) is 0 Å². The Morgan fingerprint density at radius 1 is 1.18 bits per heavy atom. The average molecular weight is 229 g/mol. The Morgan fingerprint density at radius 3 is 2.53 bits per heavy atom. The van der Waals surface area contributed by atoms with Gasteiger partial charge >= 0.3 is 0 Å². The van der Waals surface area contributed by atoms with Gasteiger partial charge in [-0.15, -0.1) is 0 Å². The van der Waals surface area contributed by atoms with Crippen LogP contribution in [0.5, 0.6) is 11.6 Å². The van der Waals surface area contributed by atoms with Crippen LogP contribution in [0.2, 0.25) is 0 Å². The lowest BCUT2D eigenvalue weighted by Crippen LogP contribution is -2.01. The molecule has 0 spiro atoms. The van der Waals surface area contributed by atoms with Crippen molar-refractivity contribution in [1.82, 2.24) is 9.97 Å². The van der Waals surface area contributed by atoms with Crippen LogP contribution < -0.4 is 10.5 Å². The van der Waals surface area contributed by atoms with E-state index in [1.165, 1.54) is 11.9 Å².